The van der Waals surface area contributed by atoms with Gasteiger partial charge < -0.3 is 0 Å². The van der Waals surface area contributed by atoms with Crippen LogP contribution < -0.4 is 5.32 Å². The molecular formula is C15H16N2OS2. The van der Waals surface area contributed by atoms with Crippen molar-refractivity contribution < 1.29 is 4.79 Å². The SMILES string of the molecule is C[C@@H]1CCc2nc(NC(=O)/C=C/c3cccs3)sc2C1. The van der Waals surface area contributed by atoms with E-state index in [4.69, 9.17) is 0 Å². The van der Waals surface area contributed by atoms with E-state index in [1.807, 2.05) is 23.6 Å². The summed E-state index contributed by atoms with van der Waals surface area (Å²) in [4.78, 5) is 18.8. The molecule has 1 aliphatic rings. The molecule has 1 N–H and O–H groups in total. The number of aromatic nitrogens is 1. The fourth-order valence-corrected chi connectivity index (χ4v) is 4.08. The number of nitrogens with zero attached hydrogens (tertiary/aromatic N) is 1. The maximum atomic E-state index is 11.9. The number of rotatable bonds is 3. The second-order valence-corrected chi connectivity index (χ2v) is 7.14. The van der Waals surface area contributed by atoms with E-state index in [1.165, 1.54) is 17.0 Å². The summed E-state index contributed by atoms with van der Waals surface area (Å²) in [6.45, 7) is 2.27. The maximum Gasteiger partial charge on any atom is 0.250 e. The number of aryl methyl sites for hydroxylation is 1. The van der Waals surface area contributed by atoms with Crippen LogP contribution in [0.25, 0.3) is 6.08 Å². The van der Waals surface area contributed by atoms with Crippen LogP contribution in [0.2, 0.25) is 0 Å². The number of amides is 1. The summed E-state index contributed by atoms with van der Waals surface area (Å²) in [6.07, 6.45) is 6.72. The zero-order valence-electron chi connectivity index (χ0n) is 11.3. The van der Waals surface area contributed by atoms with Crippen molar-refractivity contribution in [2.24, 2.45) is 5.92 Å². The molecule has 3 rings (SSSR count). The van der Waals surface area contributed by atoms with Crippen molar-refractivity contribution in [3.8, 4) is 0 Å². The number of anilines is 1. The molecule has 2 heterocycles. The van der Waals surface area contributed by atoms with Crippen LogP contribution in [-0.4, -0.2) is 10.9 Å². The molecule has 1 aliphatic carbocycles. The number of hydrogen-bond acceptors (Lipinski definition) is 4. The number of carbonyl (C=O) groups excluding carboxylic acids is 1. The quantitative estimate of drug-likeness (QED) is 0.871. The zero-order valence-corrected chi connectivity index (χ0v) is 12.9. The summed E-state index contributed by atoms with van der Waals surface area (Å²) in [6, 6.07) is 3.95. The Bertz CT molecular complexity index is 628. The molecule has 5 heteroatoms. The van der Waals surface area contributed by atoms with Gasteiger partial charge in [-0.05, 0) is 42.7 Å². The van der Waals surface area contributed by atoms with E-state index in [-0.39, 0.29) is 5.91 Å². The van der Waals surface area contributed by atoms with E-state index >= 15 is 0 Å². The molecule has 2 aromatic rings. The van der Waals surface area contributed by atoms with Crippen LogP contribution in [0.5, 0.6) is 0 Å². The van der Waals surface area contributed by atoms with Crippen molar-refractivity contribution in [1.82, 2.24) is 4.98 Å². The second-order valence-electron chi connectivity index (χ2n) is 5.07. The van der Waals surface area contributed by atoms with Gasteiger partial charge in [0.1, 0.15) is 0 Å². The Labute approximate surface area is 126 Å². The predicted octanol–water partition coefficient (Wildman–Crippen LogP) is 3.98. The van der Waals surface area contributed by atoms with Gasteiger partial charge in [-0.3, -0.25) is 10.1 Å². The van der Waals surface area contributed by atoms with Crippen molar-refractivity contribution >= 4 is 39.8 Å². The lowest BCUT2D eigenvalue weighted by Crippen LogP contribution is -2.09. The summed E-state index contributed by atoms with van der Waals surface area (Å²) in [5, 5.41) is 5.58. The van der Waals surface area contributed by atoms with Gasteiger partial charge >= 0.3 is 0 Å². The van der Waals surface area contributed by atoms with Crippen LogP contribution in [0.3, 0.4) is 0 Å². The average molecular weight is 304 g/mol. The first-order chi connectivity index (χ1) is 9.70. The molecule has 1 amide bonds. The first-order valence-electron chi connectivity index (χ1n) is 6.72. The molecule has 0 aliphatic heterocycles. The molecule has 0 bridgehead atoms. The van der Waals surface area contributed by atoms with Crippen LogP contribution in [0.1, 0.15) is 28.8 Å². The number of fused-ring (bicyclic) bond motifs is 1. The van der Waals surface area contributed by atoms with Gasteiger partial charge in [-0.2, -0.15) is 0 Å². The van der Waals surface area contributed by atoms with E-state index in [1.54, 1.807) is 28.7 Å². The Kier molecular flexibility index (Phi) is 3.98. The molecule has 20 heavy (non-hydrogen) atoms. The summed E-state index contributed by atoms with van der Waals surface area (Å²) >= 11 is 3.23. The van der Waals surface area contributed by atoms with Crippen molar-refractivity contribution in [2.75, 3.05) is 5.32 Å². The fourth-order valence-electron chi connectivity index (χ4n) is 2.28. The van der Waals surface area contributed by atoms with Crippen LogP contribution in [0.15, 0.2) is 23.6 Å². The minimum Gasteiger partial charge on any atom is -0.298 e. The standard InChI is InChI=1S/C15H16N2OS2/c1-10-4-6-12-13(9-10)20-15(16-12)17-14(18)7-5-11-3-2-8-19-11/h2-3,5,7-8,10H,4,6,9H2,1H3,(H,16,17,18)/b7-5+/t10-/m1/s1. The highest BCUT2D eigenvalue weighted by Crippen LogP contribution is 2.32. The molecule has 0 fully saturated rings. The van der Waals surface area contributed by atoms with Crippen molar-refractivity contribution in [3.63, 3.8) is 0 Å². The number of hydrogen-bond donors (Lipinski definition) is 1. The molecular weight excluding hydrogens is 288 g/mol. The van der Waals surface area contributed by atoms with Crippen LogP contribution in [0.4, 0.5) is 5.13 Å². The maximum absolute atomic E-state index is 11.9. The van der Waals surface area contributed by atoms with E-state index < -0.39 is 0 Å². The van der Waals surface area contributed by atoms with E-state index in [0.717, 1.165) is 28.8 Å². The lowest BCUT2D eigenvalue weighted by molar-refractivity contribution is -0.111. The van der Waals surface area contributed by atoms with Crippen molar-refractivity contribution in [2.45, 2.75) is 26.2 Å². The van der Waals surface area contributed by atoms with Gasteiger partial charge in [-0.15, -0.1) is 22.7 Å². The zero-order chi connectivity index (χ0) is 13.9. The normalized spacial score (nSPS) is 18.1. The third-order valence-corrected chi connectivity index (χ3v) is 5.23. The van der Waals surface area contributed by atoms with Gasteiger partial charge in [-0.1, -0.05) is 13.0 Å². The lowest BCUT2D eigenvalue weighted by atomic mass is 9.93. The Balaban J connectivity index is 1.64. The highest BCUT2D eigenvalue weighted by Gasteiger charge is 2.20. The van der Waals surface area contributed by atoms with Gasteiger partial charge in [0.05, 0.1) is 5.69 Å². The van der Waals surface area contributed by atoms with Crippen molar-refractivity contribution in [1.29, 1.82) is 0 Å². The molecule has 0 saturated carbocycles. The molecule has 0 unspecified atom stereocenters. The number of nitrogens with one attached hydrogen (secondary N) is 1. The van der Waals surface area contributed by atoms with Crippen molar-refractivity contribution in [3.05, 3.63) is 39.0 Å². The summed E-state index contributed by atoms with van der Waals surface area (Å²) < 4.78 is 0. The Morgan fingerprint density at radius 1 is 1.55 bits per heavy atom. The summed E-state index contributed by atoms with van der Waals surface area (Å²) in [5.74, 6) is 0.614. The van der Waals surface area contributed by atoms with Gasteiger partial charge in [0.25, 0.3) is 0 Å². The summed E-state index contributed by atoms with van der Waals surface area (Å²) in [5.41, 5.74) is 1.17. The fraction of sp³-hybridized carbons (Fsp3) is 0.333. The second kappa shape index (κ2) is 5.89. The highest BCUT2D eigenvalue weighted by atomic mass is 32.1. The third-order valence-electron chi connectivity index (χ3n) is 3.36. The van der Waals surface area contributed by atoms with E-state index in [0.29, 0.717) is 0 Å². The van der Waals surface area contributed by atoms with Crippen LogP contribution in [0, 0.1) is 5.92 Å². The minimum absolute atomic E-state index is 0.113. The highest BCUT2D eigenvalue weighted by molar-refractivity contribution is 7.15. The topological polar surface area (TPSA) is 42.0 Å². The lowest BCUT2D eigenvalue weighted by Gasteiger charge is -2.15. The van der Waals surface area contributed by atoms with E-state index in [9.17, 15) is 4.79 Å². The first-order valence-corrected chi connectivity index (χ1v) is 8.41. The molecule has 0 spiro atoms. The summed E-state index contributed by atoms with van der Waals surface area (Å²) in [7, 11) is 0. The van der Waals surface area contributed by atoms with E-state index in [2.05, 4.69) is 17.2 Å². The van der Waals surface area contributed by atoms with Crippen LogP contribution >= 0.6 is 22.7 Å². The monoisotopic (exact) mass is 304 g/mol. The Morgan fingerprint density at radius 2 is 2.45 bits per heavy atom. The molecule has 1 atom stereocenters. The first kappa shape index (κ1) is 13.5. The average Bonchev–Trinajstić information content (AvgIpc) is 3.04. The molecule has 0 aromatic carbocycles. The van der Waals surface area contributed by atoms with Gasteiger partial charge in [0, 0.05) is 15.8 Å². The number of carbonyl (C=O) groups is 1. The van der Waals surface area contributed by atoms with Gasteiger partial charge in [0.2, 0.25) is 5.91 Å². The predicted molar refractivity (Wildman–Crippen MR) is 85.3 cm³/mol. The molecule has 0 radical (unpaired) electrons. The third kappa shape index (κ3) is 3.16. The number of thiazole rings is 1. The van der Waals surface area contributed by atoms with Gasteiger partial charge in [-0.25, -0.2) is 4.98 Å². The van der Waals surface area contributed by atoms with Crippen LogP contribution in [-0.2, 0) is 17.6 Å². The Hall–Kier alpha value is -1.46. The number of thiophene rings is 1. The molecule has 2 aromatic heterocycles. The Morgan fingerprint density at radius 3 is 3.25 bits per heavy atom. The largest absolute Gasteiger partial charge is 0.298 e. The molecule has 3 nitrogen and oxygen atoms in total. The minimum atomic E-state index is -0.113. The molecule has 0 saturated heterocycles. The molecule has 104 valence electrons. The van der Waals surface area contributed by atoms with Gasteiger partial charge in [0.15, 0.2) is 5.13 Å². The smallest absolute Gasteiger partial charge is 0.250 e.